The van der Waals surface area contributed by atoms with E-state index in [4.69, 9.17) is 4.42 Å². The zero-order valence-corrected chi connectivity index (χ0v) is 30.1. The van der Waals surface area contributed by atoms with Crippen LogP contribution in [0.5, 0.6) is 0 Å². The quantitative estimate of drug-likeness (QED) is 0.164. The maximum Gasteiger partial charge on any atom is 0.136 e. The second kappa shape index (κ2) is 10.4. The molecule has 0 spiro atoms. The van der Waals surface area contributed by atoms with Gasteiger partial charge in [0.15, 0.2) is 0 Å². The van der Waals surface area contributed by atoms with E-state index >= 15 is 0 Å². The third-order valence-electron chi connectivity index (χ3n) is 12.0. The van der Waals surface area contributed by atoms with Gasteiger partial charge in [0.25, 0.3) is 0 Å². The lowest BCUT2D eigenvalue weighted by molar-refractivity contribution is 0.663. The lowest BCUT2D eigenvalue weighted by Gasteiger charge is -2.27. The molecule has 1 aliphatic carbocycles. The van der Waals surface area contributed by atoms with E-state index in [0.29, 0.717) is 0 Å². The van der Waals surface area contributed by atoms with E-state index in [1.165, 1.54) is 97.0 Å². The Morgan fingerprint density at radius 1 is 0.415 bits per heavy atom. The van der Waals surface area contributed by atoms with Crippen molar-refractivity contribution in [3.63, 3.8) is 0 Å². The van der Waals surface area contributed by atoms with Gasteiger partial charge in [0.1, 0.15) is 11.2 Å². The Labute approximate surface area is 310 Å². The normalized spacial score (nSPS) is 13.6. The first-order valence-corrected chi connectivity index (χ1v) is 19.2. The number of thiophene rings is 1. The molecule has 248 valence electrons. The Bertz CT molecular complexity index is 3320. The minimum atomic E-state index is -0.194. The molecule has 2 aromatic heterocycles. The predicted molar refractivity (Wildman–Crippen MR) is 228 cm³/mol. The van der Waals surface area contributed by atoms with Crippen LogP contribution in [0.15, 0.2) is 162 Å². The molecule has 1 nitrogen and oxygen atoms in total. The van der Waals surface area contributed by atoms with Gasteiger partial charge in [-0.1, -0.05) is 147 Å². The molecule has 9 aromatic carbocycles. The molecule has 0 aliphatic heterocycles. The fourth-order valence-corrected chi connectivity index (χ4v) is 11.1. The van der Waals surface area contributed by atoms with Crippen molar-refractivity contribution in [3.8, 4) is 33.4 Å². The second-order valence-electron chi connectivity index (χ2n) is 15.1. The van der Waals surface area contributed by atoms with Gasteiger partial charge in [-0.3, -0.25) is 0 Å². The number of benzene rings is 9. The number of hydrogen-bond donors (Lipinski definition) is 0. The van der Waals surface area contributed by atoms with E-state index in [0.717, 1.165) is 21.9 Å². The van der Waals surface area contributed by atoms with Crippen LogP contribution in [-0.2, 0) is 5.41 Å². The van der Waals surface area contributed by atoms with Crippen LogP contribution in [-0.4, -0.2) is 0 Å². The van der Waals surface area contributed by atoms with Gasteiger partial charge in [-0.25, -0.2) is 0 Å². The van der Waals surface area contributed by atoms with Gasteiger partial charge in [0, 0.05) is 41.9 Å². The second-order valence-corrected chi connectivity index (χ2v) is 16.2. The van der Waals surface area contributed by atoms with E-state index in [1.807, 2.05) is 17.4 Å². The molecular weight excluding hydrogens is 661 g/mol. The molecule has 0 atom stereocenters. The Morgan fingerprint density at radius 3 is 1.79 bits per heavy atom. The Hall–Kier alpha value is -6.22. The molecule has 2 heteroatoms. The van der Waals surface area contributed by atoms with Crippen molar-refractivity contribution >= 4 is 85.8 Å². The van der Waals surface area contributed by atoms with Crippen molar-refractivity contribution in [2.45, 2.75) is 19.3 Å². The summed E-state index contributed by atoms with van der Waals surface area (Å²) in [5.74, 6) is 0. The topological polar surface area (TPSA) is 13.1 Å². The first-order valence-electron chi connectivity index (χ1n) is 18.4. The summed E-state index contributed by atoms with van der Waals surface area (Å²) in [6, 6.07) is 58.4. The van der Waals surface area contributed by atoms with E-state index in [2.05, 4.69) is 166 Å². The number of para-hydroxylation sites is 1. The Morgan fingerprint density at radius 2 is 1.02 bits per heavy atom. The van der Waals surface area contributed by atoms with Gasteiger partial charge in [-0.15, -0.1) is 11.3 Å². The molecule has 0 fully saturated rings. The van der Waals surface area contributed by atoms with Crippen molar-refractivity contribution < 1.29 is 4.42 Å². The molecule has 0 saturated heterocycles. The molecule has 0 bridgehead atoms. The first kappa shape index (κ1) is 29.4. The zero-order valence-electron chi connectivity index (χ0n) is 29.3. The summed E-state index contributed by atoms with van der Waals surface area (Å²) in [5.41, 5.74) is 12.3. The summed E-state index contributed by atoms with van der Waals surface area (Å²) in [7, 11) is 0. The van der Waals surface area contributed by atoms with Crippen molar-refractivity contribution in [2.75, 3.05) is 0 Å². The molecule has 0 saturated carbocycles. The van der Waals surface area contributed by atoms with Gasteiger partial charge < -0.3 is 4.42 Å². The fraction of sp³-hybridized carbons (Fsp3) is 0.0588. The van der Waals surface area contributed by atoms with Crippen LogP contribution in [0, 0.1) is 0 Å². The Kier molecular flexibility index (Phi) is 5.78. The SMILES string of the molecule is CC1(C)c2ccccc2-c2cc3c(sc4c5ccccc5ccc34)c(-c3c4ccccc4c(-c4ccc5c(c4)oc4ccccc45)c4ccccc34)c21. The van der Waals surface area contributed by atoms with Crippen LogP contribution < -0.4 is 0 Å². The molecule has 0 N–H and O–H groups in total. The van der Waals surface area contributed by atoms with Gasteiger partial charge in [-0.2, -0.15) is 0 Å². The zero-order chi connectivity index (χ0) is 35.0. The molecule has 1 aliphatic rings. The van der Waals surface area contributed by atoms with Crippen LogP contribution in [0.1, 0.15) is 25.0 Å². The Balaban J connectivity index is 1.26. The lowest BCUT2D eigenvalue weighted by Crippen LogP contribution is -2.16. The maximum atomic E-state index is 6.44. The van der Waals surface area contributed by atoms with Crippen LogP contribution >= 0.6 is 11.3 Å². The largest absolute Gasteiger partial charge is 0.456 e. The summed E-state index contributed by atoms with van der Waals surface area (Å²) >= 11 is 1.97. The minimum absolute atomic E-state index is 0.194. The van der Waals surface area contributed by atoms with E-state index in [-0.39, 0.29) is 5.41 Å². The molecule has 53 heavy (non-hydrogen) atoms. The molecule has 11 aromatic rings. The van der Waals surface area contributed by atoms with Gasteiger partial charge in [0.2, 0.25) is 0 Å². The van der Waals surface area contributed by atoms with Crippen molar-refractivity contribution in [2.24, 2.45) is 0 Å². The third kappa shape index (κ3) is 3.86. The van der Waals surface area contributed by atoms with E-state index in [1.54, 1.807) is 0 Å². The standard InChI is InChI=1S/C51H32OS/c1-51(2)42-21-11-9-15-32(42)40-28-41-39-26-23-29-13-3-4-14-31(29)49(39)53-50(41)47(48(40)51)46-37-19-7-5-17-35(37)45(36-18-6-8-20-38(36)46)30-24-25-34-33-16-10-12-22-43(33)52-44(34)27-30/h3-28H,1-2H3. The smallest absolute Gasteiger partial charge is 0.136 e. The van der Waals surface area contributed by atoms with Crippen LogP contribution in [0.4, 0.5) is 0 Å². The molecular formula is C51H32OS. The number of fused-ring (bicyclic) bond motifs is 13. The average molecular weight is 693 g/mol. The predicted octanol–water partition coefficient (Wildman–Crippen LogP) is 15.1. The summed E-state index contributed by atoms with van der Waals surface area (Å²) in [5, 5.41) is 12.6. The van der Waals surface area contributed by atoms with Crippen molar-refractivity contribution in [3.05, 3.63) is 169 Å². The number of rotatable bonds is 2. The van der Waals surface area contributed by atoms with Gasteiger partial charge in [-0.05, 0) is 95.5 Å². The van der Waals surface area contributed by atoms with Gasteiger partial charge in [0.05, 0.1) is 0 Å². The maximum absolute atomic E-state index is 6.44. The van der Waals surface area contributed by atoms with Crippen molar-refractivity contribution in [1.29, 1.82) is 0 Å². The molecule has 0 amide bonds. The third-order valence-corrected chi connectivity index (χ3v) is 13.3. The molecule has 0 radical (unpaired) electrons. The molecule has 12 rings (SSSR count). The lowest BCUT2D eigenvalue weighted by atomic mass is 9.76. The highest BCUT2D eigenvalue weighted by atomic mass is 32.1. The highest BCUT2D eigenvalue weighted by molar-refractivity contribution is 7.27. The number of furan rings is 1. The van der Waals surface area contributed by atoms with Gasteiger partial charge >= 0.3 is 0 Å². The molecule has 2 heterocycles. The summed E-state index contributed by atoms with van der Waals surface area (Å²) in [6.07, 6.45) is 0. The van der Waals surface area contributed by atoms with Crippen LogP contribution in [0.3, 0.4) is 0 Å². The van der Waals surface area contributed by atoms with E-state index < -0.39 is 0 Å². The van der Waals surface area contributed by atoms with E-state index in [9.17, 15) is 0 Å². The summed E-state index contributed by atoms with van der Waals surface area (Å²) < 4.78 is 9.17. The first-order chi connectivity index (χ1) is 26.1. The molecule has 0 unspecified atom stereocenters. The van der Waals surface area contributed by atoms with Crippen LogP contribution in [0.25, 0.3) is 108 Å². The summed E-state index contributed by atoms with van der Waals surface area (Å²) in [4.78, 5) is 0. The monoisotopic (exact) mass is 692 g/mol. The van der Waals surface area contributed by atoms with Crippen molar-refractivity contribution in [1.82, 2.24) is 0 Å². The fourth-order valence-electron chi connectivity index (χ4n) is 9.73. The highest BCUT2D eigenvalue weighted by Crippen LogP contribution is 2.59. The van der Waals surface area contributed by atoms with Crippen LogP contribution in [0.2, 0.25) is 0 Å². The number of hydrogen-bond acceptors (Lipinski definition) is 2. The minimum Gasteiger partial charge on any atom is -0.456 e. The highest BCUT2D eigenvalue weighted by Gasteiger charge is 2.40. The summed E-state index contributed by atoms with van der Waals surface area (Å²) in [6.45, 7) is 4.86. The average Bonchev–Trinajstić information content (AvgIpc) is 3.84.